The molecule has 2 aliphatic heterocycles. The molecule has 0 unspecified atom stereocenters. The predicted molar refractivity (Wildman–Crippen MR) is 152 cm³/mol. The minimum Gasteiger partial charge on any atom is -0.493 e. The van der Waals surface area contributed by atoms with Gasteiger partial charge in [0.15, 0.2) is 0 Å². The monoisotopic (exact) mass is 512 g/mol. The fourth-order valence-corrected chi connectivity index (χ4v) is 4.26. The summed E-state index contributed by atoms with van der Waals surface area (Å²) < 4.78 is 22.5. The van der Waals surface area contributed by atoms with Gasteiger partial charge in [-0.05, 0) is 72.5 Å². The zero-order chi connectivity index (χ0) is 26.6. The van der Waals surface area contributed by atoms with E-state index < -0.39 is 0 Å². The van der Waals surface area contributed by atoms with Gasteiger partial charge in [0, 0.05) is 23.3 Å². The van der Waals surface area contributed by atoms with Crippen molar-refractivity contribution in [2.75, 3.05) is 39.6 Å². The van der Waals surface area contributed by atoms with Crippen LogP contribution in [0.15, 0.2) is 70.6 Å². The van der Waals surface area contributed by atoms with Gasteiger partial charge in [-0.25, -0.2) is 0 Å². The highest BCUT2D eigenvalue weighted by atomic mass is 16.5. The number of benzene rings is 3. The van der Waals surface area contributed by atoms with Crippen molar-refractivity contribution in [1.82, 2.24) is 0 Å². The average molecular weight is 513 g/mol. The van der Waals surface area contributed by atoms with E-state index >= 15 is 0 Å². The molecule has 198 valence electrons. The molecule has 0 aromatic heterocycles. The van der Waals surface area contributed by atoms with E-state index in [0.29, 0.717) is 13.2 Å². The van der Waals surface area contributed by atoms with Gasteiger partial charge in [-0.1, -0.05) is 38.1 Å². The van der Waals surface area contributed by atoms with Crippen LogP contribution >= 0.6 is 0 Å². The Morgan fingerprint density at radius 3 is 1.37 bits per heavy atom. The first-order valence-electron chi connectivity index (χ1n) is 13.1. The molecule has 3 aromatic rings. The van der Waals surface area contributed by atoms with Gasteiger partial charge >= 0.3 is 0 Å². The molecular formula is C32H36N2O4. The minimum atomic E-state index is 0.129. The molecule has 2 fully saturated rings. The van der Waals surface area contributed by atoms with E-state index in [4.69, 9.17) is 18.9 Å². The number of ether oxygens (including phenoxy) is 4. The molecule has 6 nitrogen and oxygen atoms in total. The lowest BCUT2D eigenvalue weighted by atomic mass is 9.90. The molecule has 0 amide bonds. The third-order valence-corrected chi connectivity index (χ3v) is 6.96. The topological polar surface area (TPSA) is 61.6 Å². The lowest BCUT2D eigenvalue weighted by Crippen LogP contribution is -2.44. The summed E-state index contributed by atoms with van der Waals surface area (Å²) >= 11 is 0. The second-order valence-electron chi connectivity index (χ2n) is 11.3. The molecule has 5 rings (SSSR count). The number of nitrogens with zero attached hydrogens (tertiary/aromatic N) is 2. The Labute approximate surface area is 225 Å². The van der Waals surface area contributed by atoms with Gasteiger partial charge in [-0.15, -0.1) is 0 Å². The van der Waals surface area contributed by atoms with E-state index in [9.17, 15) is 0 Å². The molecule has 2 heterocycles. The van der Waals surface area contributed by atoms with Gasteiger partial charge in [0.05, 0.1) is 51.0 Å². The number of rotatable bonds is 10. The van der Waals surface area contributed by atoms with Gasteiger partial charge in [0.2, 0.25) is 0 Å². The highest BCUT2D eigenvalue weighted by Gasteiger charge is 2.35. The van der Waals surface area contributed by atoms with Crippen molar-refractivity contribution >= 4 is 23.8 Å². The van der Waals surface area contributed by atoms with Crippen molar-refractivity contribution in [3.8, 4) is 11.5 Å². The molecule has 0 saturated carbocycles. The van der Waals surface area contributed by atoms with Crippen molar-refractivity contribution in [3.05, 3.63) is 82.9 Å². The van der Waals surface area contributed by atoms with Crippen molar-refractivity contribution in [2.45, 2.75) is 27.7 Å². The van der Waals surface area contributed by atoms with E-state index in [2.05, 4.69) is 37.7 Å². The summed E-state index contributed by atoms with van der Waals surface area (Å²) in [6.07, 6.45) is 3.77. The first kappa shape index (κ1) is 26.1. The van der Waals surface area contributed by atoms with Crippen molar-refractivity contribution in [2.24, 2.45) is 20.8 Å². The quantitative estimate of drug-likeness (QED) is 0.286. The Kier molecular flexibility index (Phi) is 7.63. The van der Waals surface area contributed by atoms with Crippen LogP contribution in [0.25, 0.3) is 0 Å². The molecule has 38 heavy (non-hydrogen) atoms. The maximum atomic E-state index is 5.97. The predicted octanol–water partition coefficient (Wildman–Crippen LogP) is 6.64. The molecule has 0 N–H and O–H groups in total. The second-order valence-corrected chi connectivity index (χ2v) is 11.3. The van der Waals surface area contributed by atoms with Crippen LogP contribution in [0.4, 0.5) is 11.4 Å². The van der Waals surface area contributed by atoms with Crippen LogP contribution in [0, 0.1) is 24.7 Å². The van der Waals surface area contributed by atoms with Crippen LogP contribution in [0.3, 0.4) is 0 Å². The molecule has 6 heteroatoms. The Morgan fingerprint density at radius 2 is 1.05 bits per heavy atom. The number of aryl methyl sites for hydroxylation is 2. The Bertz CT molecular complexity index is 1220. The first-order chi connectivity index (χ1) is 18.3. The van der Waals surface area contributed by atoms with Crippen LogP contribution < -0.4 is 9.47 Å². The number of hydrogen-bond donors (Lipinski definition) is 0. The smallest absolute Gasteiger partial charge is 0.119 e. The van der Waals surface area contributed by atoms with Crippen LogP contribution in [0.5, 0.6) is 11.5 Å². The standard InChI is InChI=1S/C32H36N2O4/c1-23-13-27(37-21-31(3)17-35-18-31)9-11-29(23)33-15-25-5-7-26(8-6-25)16-34-30-12-10-28(14-24(30)2)38-22-32(4)19-36-20-32/h5-16H,17-22H2,1-4H3. The number of aliphatic imine (C=N–C) groups is 2. The maximum Gasteiger partial charge on any atom is 0.119 e. The van der Waals surface area contributed by atoms with Crippen molar-refractivity contribution in [1.29, 1.82) is 0 Å². The van der Waals surface area contributed by atoms with Crippen LogP contribution in [-0.4, -0.2) is 52.1 Å². The van der Waals surface area contributed by atoms with Gasteiger partial charge < -0.3 is 18.9 Å². The summed E-state index contributed by atoms with van der Waals surface area (Å²) in [5.74, 6) is 1.74. The Morgan fingerprint density at radius 1 is 0.658 bits per heavy atom. The second kappa shape index (κ2) is 11.1. The summed E-state index contributed by atoms with van der Waals surface area (Å²) in [5.41, 5.74) is 6.34. The minimum absolute atomic E-state index is 0.129. The third-order valence-electron chi connectivity index (χ3n) is 6.96. The fourth-order valence-electron chi connectivity index (χ4n) is 4.26. The molecule has 0 radical (unpaired) electrons. The third kappa shape index (κ3) is 6.50. The van der Waals surface area contributed by atoms with Crippen molar-refractivity contribution in [3.63, 3.8) is 0 Å². The van der Waals surface area contributed by atoms with E-state index in [-0.39, 0.29) is 10.8 Å². The number of hydrogen-bond acceptors (Lipinski definition) is 6. The average Bonchev–Trinajstić information content (AvgIpc) is 2.88. The highest BCUT2D eigenvalue weighted by Crippen LogP contribution is 2.31. The van der Waals surface area contributed by atoms with E-state index in [0.717, 1.165) is 71.6 Å². The van der Waals surface area contributed by atoms with E-state index in [1.807, 2.05) is 73.1 Å². The lowest BCUT2D eigenvalue weighted by Gasteiger charge is -2.37. The Balaban J connectivity index is 1.15. The fraction of sp³-hybridized carbons (Fsp3) is 0.375. The van der Waals surface area contributed by atoms with E-state index in [1.54, 1.807) is 0 Å². The molecule has 0 bridgehead atoms. The molecule has 2 aliphatic rings. The molecular weight excluding hydrogens is 476 g/mol. The van der Waals surface area contributed by atoms with Gasteiger partial charge in [0.1, 0.15) is 11.5 Å². The molecule has 0 spiro atoms. The molecule has 3 aromatic carbocycles. The normalized spacial score (nSPS) is 17.8. The molecule has 2 saturated heterocycles. The van der Waals surface area contributed by atoms with Gasteiger partial charge in [-0.2, -0.15) is 0 Å². The zero-order valence-electron chi connectivity index (χ0n) is 22.7. The largest absolute Gasteiger partial charge is 0.493 e. The molecule has 0 aliphatic carbocycles. The summed E-state index contributed by atoms with van der Waals surface area (Å²) in [6, 6.07) is 20.2. The van der Waals surface area contributed by atoms with Crippen molar-refractivity contribution < 1.29 is 18.9 Å². The summed E-state index contributed by atoms with van der Waals surface area (Å²) in [4.78, 5) is 9.37. The van der Waals surface area contributed by atoms with Crippen LogP contribution in [0.2, 0.25) is 0 Å². The SMILES string of the molecule is Cc1cc(OCC2(C)COC2)ccc1N=Cc1ccc(C=Nc2ccc(OCC3(C)COC3)cc2C)cc1. The van der Waals surface area contributed by atoms with E-state index in [1.165, 1.54) is 0 Å². The summed E-state index contributed by atoms with van der Waals surface area (Å²) in [5, 5.41) is 0. The summed E-state index contributed by atoms with van der Waals surface area (Å²) in [6.45, 7) is 12.8. The Hall–Kier alpha value is -3.48. The zero-order valence-corrected chi connectivity index (χ0v) is 22.7. The highest BCUT2D eigenvalue weighted by molar-refractivity contribution is 5.86. The first-order valence-corrected chi connectivity index (χ1v) is 13.1. The van der Waals surface area contributed by atoms with Crippen LogP contribution in [-0.2, 0) is 9.47 Å². The maximum absolute atomic E-state index is 5.97. The van der Waals surface area contributed by atoms with Gasteiger partial charge in [-0.3, -0.25) is 9.98 Å². The summed E-state index contributed by atoms with van der Waals surface area (Å²) in [7, 11) is 0. The molecule has 0 atom stereocenters. The lowest BCUT2D eigenvalue weighted by molar-refractivity contribution is -0.120. The van der Waals surface area contributed by atoms with Gasteiger partial charge in [0.25, 0.3) is 0 Å². The van der Waals surface area contributed by atoms with Crippen LogP contribution in [0.1, 0.15) is 36.1 Å².